The number of hydrogen-bond acceptors (Lipinski definition) is 3. The minimum absolute atomic E-state index is 0.290. The Labute approximate surface area is 132 Å². The van der Waals surface area contributed by atoms with Gasteiger partial charge in [-0.1, -0.05) is 24.6 Å². The van der Waals surface area contributed by atoms with Gasteiger partial charge in [0.05, 0.1) is 5.69 Å². The molecular formula is C18H25N3O. The molecule has 0 saturated carbocycles. The summed E-state index contributed by atoms with van der Waals surface area (Å²) >= 11 is 0. The number of nitrogens with zero attached hydrogens (tertiary/aromatic N) is 1. The predicted octanol–water partition coefficient (Wildman–Crippen LogP) is 3.24. The molecule has 1 aromatic carbocycles. The first-order valence-corrected chi connectivity index (χ1v) is 8.29. The summed E-state index contributed by atoms with van der Waals surface area (Å²) in [6.45, 7) is 3.62. The molecule has 118 valence electrons. The highest BCUT2D eigenvalue weighted by Gasteiger charge is 2.15. The first-order valence-electron chi connectivity index (χ1n) is 8.29. The van der Waals surface area contributed by atoms with E-state index in [1.807, 2.05) is 30.3 Å². The van der Waals surface area contributed by atoms with Crippen LogP contribution in [-0.4, -0.2) is 22.8 Å². The zero-order valence-corrected chi connectivity index (χ0v) is 13.3. The molecule has 0 amide bonds. The molecule has 0 unspecified atom stereocenters. The molecular weight excluding hydrogens is 274 g/mol. The molecule has 2 N–H and O–H groups in total. The molecule has 22 heavy (non-hydrogen) atoms. The maximum absolute atomic E-state index is 5.78. The van der Waals surface area contributed by atoms with E-state index < -0.39 is 0 Å². The quantitative estimate of drug-likeness (QED) is 0.805. The lowest BCUT2D eigenvalue weighted by molar-refractivity contribution is 0.272. The van der Waals surface area contributed by atoms with Gasteiger partial charge < -0.3 is 10.1 Å². The summed E-state index contributed by atoms with van der Waals surface area (Å²) in [6.07, 6.45) is 6.21. The van der Waals surface area contributed by atoms with E-state index in [4.69, 9.17) is 4.74 Å². The molecule has 0 radical (unpaired) electrons. The van der Waals surface area contributed by atoms with Crippen molar-refractivity contribution < 1.29 is 4.74 Å². The van der Waals surface area contributed by atoms with Crippen LogP contribution < -0.4 is 10.1 Å². The Kier molecular flexibility index (Phi) is 5.11. The summed E-state index contributed by atoms with van der Waals surface area (Å²) in [6, 6.07) is 10.2. The highest BCUT2D eigenvalue weighted by Crippen LogP contribution is 2.21. The molecule has 3 rings (SSSR count). The molecule has 4 nitrogen and oxygen atoms in total. The molecule has 1 aliphatic carbocycles. The zero-order chi connectivity index (χ0) is 15.2. The van der Waals surface area contributed by atoms with Crippen LogP contribution in [0.4, 0.5) is 0 Å². The van der Waals surface area contributed by atoms with Gasteiger partial charge in [-0.2, -0.15) is 5.10 Å². The molecule has 0 aliphatic heterocycles. The second-order valence-electron chi connectivity index (χ2n) is 6.09. The summed E-state index contributed by atoms with van der Waals surface area (Å²) in [5.41, 5.74) is 3.98. The third-order valence-corrected chi connectivity index (χ3v) is 4.25. The highest BCUT2D eigenvalue weighted by molar-refractivity contribution is 5.26. The summed E-state index contributed by atoms with van der Waals surface area (Å²) in [5, 5.41) is 11.2. The number of aromatic nitrogens is 2. The standard InChI is InChI=1S/C18H25N3O/c1-14(13-22-15-8-4-2-5-9-15)19-12-18-16-10-6-3-7-11-17(16)20-21-18/h2,4-5,8-9,14,19H,3,6-7,10-13H2,1H3,(H,20,21)/t14-/m0/s1. The lowest BCUT2D eigenvalue weighted by Crippen LogP contribution is -2.31. The van der Waals surface area contributed by atoms with Gasteiger partial charge in [0.1, 0.15) is 12.4 Å². The number of aryl methyl sites for hydroxylation is 1. The molecule has 4 heteroatoms. The monoisotopic (exact) mass is 299 g/mol. The minimum atomic E-state index is 0.290. The Bertz CT molecular complexity index is 579. The first kappa shape index (κ1) is 15.1. The van der Waals surface area contributed by atoms with E-state index >= 15 is 0 Å². The lowest BCUT2D eigenvalue weighted by atomic mass is 10.1. The summed E-state index contributed by atoms with van der Waals surface area (Å²) < 4.78 is 5.78. The summed E-state index contributed by atoms with van der Waals surface area (Å²) in [5.74, 6) is 0.921. The minimum Gasteiger partial charge on any atom is -0.492 e. The van der Waals surface area contributed by atoms with E-state index in [-0.39, 0.29) is 0 Å². The van der Waals surface area contributed by atoms with Gasteiger partial charge in [-0.25, -0.2) is 0 Å². The number of hydrogen-bond donors (Lipinski definition) is 2. The number of fused-ring (bicyclic) bond motifs is 1. The van der Waals surface area contributed by atoms with Crippen LogP contribution in [0.5, 0.6) is 5.75 Å². The van der Waals surface area contributed by atoms with Gasteiger partial charge in [0.15, 0.2) is 0 Å². The van der Waals surface area contributed by atoms with E-state index in [9.17, 15) is 0 Å². The van der Waals surface area contributed by atoms with Crippen LogP contribution in [-0.2, 0) is 19.4 Å². The molecule has 1 aromatic heterocycles. The van der Waals surface area contributed by atoms with Gasteiger partial charge in [0, 0.05) is 18.3 Å². The Morgan fingerprint density at radius 2 is 2.00 bits per heavy atom. The van der Waals surface area contributed by atoms with Gasteiger partial charge in [0.2, 0.25) is 0 Å². The van der Waals surface area contributed by atoms with Crippen LogP contribution in [0.15, 0.2) is 30.3 Å². The highest BCUT2D eigenvalue weighted by atomic mass is 16.5. The summed E-state index contributed by atoms with van der Waals surface area (Å²) in [4.78, 5) is 0. The molecule has 1 atom stereocenters. The lowest BCUT2D eigenvalue weighted by Gasteiger charge is -2.14. The van der Waals surface area contributed by atoms with Crippen LogP contribution in [0.1, 0.15) is 43.1 Å². The number of para-hydroxylation sites is 1. The van der Waals surface area contributed by atoms with E-state index in [2.05, 4.69) is 22.4 Å². The Morgan fingerprint density at radius 3 is 2.86 bits per heavy atom. The maximum atomic E-state index is 5.78. The molecule has 0 bridgehead atoms. The van der Waals surface area contributed by atoms with Crippen LogP contribution >= 0.6 is 0 Å². The van der Waals surface area contributed by atoms with Gasteiger partial charge in [-0.15, -0.1) is 0 Å². The van der Waals surface area contributed by atoms with Crippen LogP contribution in [0.3, 0.4) is 0 Å². The van der Waals surface area contributed by atoms with E-state index in [1.54, 1.807) is 0 Å². The molecule has 2 aromatic rings. The van der Waals surface area contributed by atoms with Crippen molar-refractivity contribution in [3.8, 4) is 5.75 Å². The van der Waals surface area contributed by atoms with Crippen molar-refractivity contribution in [2.75, 3.05) is 6.61 Å². The fourth-order valence-electron chi connectivity index (χ4n) is 2.94. The summed E-state index contributed by atoms with van der Waals surface area (Å²) in [7, 11) is 0. The van der Waals surface area contributed by atoms with E-state index in [0.29, 0.717) is 12.6 Å². The average Bonchev–Trinajstić information content (AvgIpc) is 2.78. The number of H-pyrrole nitrogens is 1. The molecule has 1 heterocycles. The van der Waals surface area contributed by atoms with Crippen LogP contribution in [0.25, 0.3) is 0 Å². The van der Waals surface area contributed by atoms with Crippen molar-refractivity contribution in [1.29, 1.82) is 0 Å². The van der Waals surface area contributed by atoms with Gasteiger partial charge >= 0.3 is 0 Å². The number of nitrogens with one attached hydrogen (secondary N) is 2. The molecule has 1 aliphatic rings. The molecule has 0 saturated heterocycles. The Balaban J connectivity index is 1.49. The topological polar surface area (TPSA) is 49.9 Å². The second kappa shape index (κ2) is 7.45. The van der Waals surface area contributed by atoms with Crippen LogP contribution in [0.2, 0.25) is 0 Å². The molecule has 0 fully saturated rings. The van der Waals surface area contributed by atoms with Crippen molar-refractivity contribution >= 4 is 0 Å². The maximum Gasteiger partial charge on any atom is 0.119 e. The Hall–Kier alpha value is -1.81. The number of benzene rings is 1. The predicted molar refractivity (Wildman–Crippen MR) is 88.1 cm³/mol. The van der Waals surface area contributed by atoms with Gasteiger partial charge in [0.25, 0.3) is 0 Å². The average molecular weight is 299 g/mol. The SMILES string of the molecule is C[C@@H](COc1ccccc1)NCc1n[nH]c2c1CCCCC2. The normalized spacial score (nSPS) is 15.9. The first-order chi connectivity index (χ1) is 10.8. The number of rotatable bonds is 6. The van der Waals surface area contributed by atoms with Crippen LogP contribution in [0, 0.1) is 0 Å². The molecule has 0 spiro atoms. The zero-order valence-electron chi connectivity index (χ0n) is 13.3. The van der Waals surface area contributed by atoms with Crippen molar-refractivity contribution in [2.24, 2.45) is 0 Å². The third-order valence-electron chi connectivity index (χ3n) is 4.25. The number of ether oxygens (including phenoxy) is 1. The van der Waals surface area contributed by atoms with E-state index in [0.717, 1.165) is 25.1 Å². The Morgan fingerprint density at radius 1 is 1.18 bits per heavy atom. The largest absolute Gasteiger partial charge is 0.492 e. The smallest absolute Gasteiger partial charge is 0.119 e. The third kappa shape index (κ3) is 3.89. The second-order valence-corrected chi connectivity index (χ2v) is 6.09. The van der Waals surface area contributed by atoms with Gasteiger partial charge in [-0.05, 0) is 50.3 Å². The van der Waals surface area contributed by atoms with Gasteiger partial charge in [-0.3, -0.25) is 5.10 Å². The van der Waals surface area contributed by atoms with E-state index in [1.165, 1.54) is 36.2 Å². The van der Waals surface area contributed by atoms with Crippen molar-refractivity contribution in [2.45, 2.75) is 51.6 Å². The fourth-order valence-corrected chi connectivity index (χ4v) is 2.94. The van der Waals surface area contributed by atoms with Crippen molar-refractivity contribution in [3.63, 3.8) is 0 Å². The van der Waals surface area contributed by atoms with Crippen molar-refractivity contribution in [1.82, 2.24) is 15.5 Å². The fraction of sp³-hybridized carbons (Fsp3) is 0.500. The number of aromatic amines is 1. The van der Waals surface area contributed by atoms with Crippen molar-refractivity contribution in [3.05, 3.63) is 47.3 Å².